The normalized spacial score (nSPS) is 33.1. The molecule has 0 saturated heterocycles. The fourth-order valence-electron chi connectivity index (χ4n) is 3.01. The van der Waals surface area contributed by atoms with Gasteiger partial charge in [0.05, 0.1) is 5.92 Å². The van der Waals surface area contributed by atoms with Crippen molar-refractivity contribution in [3.05, 3.63) is 0 Å². The Hall–Kier alpha value is -0.570. The maximum atomic E-state index is 11.0. The van der Waals surface area contributed by atoms with Crippen molar-refractivity contribution in [3.63, 3.8) is 0 Å². The molecule has 3 nitrogen and oxygen atoms in total. The van der Waals surface area contributed by atoms with Crippen molar-refractivity contribution < 1.29 is 9.90 Å². The summed E-state index contributed by atoms with van der Waals surface area (Å²) in [6.45, 7) is 2.26. The lowest BCUT2D eigenvalue weighted by Crippen LogP contribution is -2.45. The zero-order valence-electron chi connectivity index (χ0n) is 10.1. The number of rotatable bonds is 4. The molecule has 92 valence electrons. The topological polar surface area (TPSA) is 49.3 Å². The molecule has 0 amide bonds. The minimum atomic E-state index is -0.609. The average Bonchev–Trinajstić information content (AvgIpc) is 2.15. The molecule has 2 N–H and O–H groups in total. The van der Waals surface area contributed by atoms with E-state index in [-0.39, 0.29) is 5.92 Å². The van der Waals surface area contributed by atoms with Gasteiger partial charge in [0.1, 0.15) is 0 Å². The van der Waals surface area contributed by atoms with E-state index >= 15 is 0 Å². The summed E-state index contributed by atoms with van der Waals surface area (Å²) in [5.41, 5.74) is 0. The Bertz CT molecular complexity index is 250. The third-order valence-electron chi connectivity index (χ3n) is 4.38. The highest BCUT2D eigenvalue weighted by Crippen LogP contribution is 2.31. The maximum absolute atomic E-state index is 11.0. The van der Waals surface area contributed by atoms with Gasteiger partial charge in [0.2, 0.25) is 0 Å². The number of nitrogens with one attached hydrogen (secondary N) is 1. The zero-order valence-corrected chi connectivity index (χ0v) is 10.1. The van der Waals surface area contributed by atoms with Crippen molar-refractivity contribution in [2.75, 3.05) is 0 Å². The van der Waals surface area contributed by atoms with Crippen LogP contribution in [-0.4, -0.2) is 23.2 Å². The van der Waals surface area contributed by atoms with Crippen molar-refractivity contribution in [1.82, 2.24) is 5.32 Å². The van der Waals surface area contributed by atoms with Gasteiger partial charge in [-0.1, -0.05) is 12.8 Å². The summed E-state index contributed by atoms with van der Waals surface area (Å²) >= 11 is 0. The number of carboxylic acids is 1. The summed E-state index contributed by atoms with van der Waals surface area (Å²) in [4.78, 5) is 11.0. The van der Waals surface area contributed by atoms with Gasteiger partial charge in [0.15, 0.2) is 0 Å². The smallest absolute Gasteiger partial charge is 0.306 e. The first-order chi connectivity index (χ1) is 7.66. The third-order valence-corrected chi connectivity index (χ3v) is 4.38. The molecule has 0 bridgehead atoms. The van der Waals surface area contributed by atoms with Crippen LogP contribution in [0.2, 0.25) is 0 Å². The summed E-state index contributed by atoms with van der Waals surface area (Å²) in [5, 5.41) is 12.7. The zero-order chi connectivity index (χ0) is 11.5. The predicted molar refractivity (Wildman–Crippen MR) is 63.3 cm³/mol. The lowest BCUT2D eigenvalue weighted by Gasteiger charge is -2.36. The lowest BCUT2D eigenvalue weighted by atomic mass is 9.79. The molecule has 0 aliphatic heterocycles. The number of hydrogen-bond donors (Lipinski definition) is 2. The van der Waals surface area contributed by atoms with Crippen LogP contribution in [0.4, 0.5) is 0 Å². The SMILES string of the molecule is CC(NC1CCCC(C(=O)O)C1)C1CCC1. The van der Waals surface area contributed by atoms with Gasteiger partial charge in [-0.2, -0.15) is 0 Å². The van der Waals surface area contributed by atoms with Crippen LogP contribution in [0.5, 0.6) is 0 Å². The second kappa shape index (κ2) is 5.17. The molecule has 0 aromatic rings. The first kappa shape index (κ1) is 11.9. The van der Waals surface area contributed by atoms with E-state index in [1.807, 2.05) is 0 Å². The van der Waals surface area contributed by atoms with Gasteiger partial charge >= 0.3 is 5.97 Å². The highest BCUT2D eigenvalue weighted by Gasteiger charge is 2.30. The monoisotopic (exact) mass is 225 g/mol. The van der Waals surface area contributed by atoms with Crippen LogP contribution in [0.25, 0.3) is 0 Å². The summed E-state index contributed by atoms with van der Waals surface area (Å²) in [7, 11) is 0. The van der Waals surface area contributed by atoms with Gasteiger partial charge in [-0.15, -0.1) is 0 Å². The van der Waals surface area contributed by atoms with Crippen LogP contribution < -0.4 is 5.32 Å². The molecular formula is C13H23NO2. The van der Waals surface area contributed by atoms with Crippen LogP contribution >= 0.6 is 0 Å². The summed E-state index contributed by atoms with van der Waals surface area (Å²) in [6, 6.07) is 1.01. The van der Waals surface area contributed by atoms with Gasteiger partial charge < -0.3 is 10.4 Å². The summed E-state index contributed by atoms with van der Waals surface area (Å²) in [5.74, 6) is 0.118. The molecule has 0 aromatic carbocycles. The molecule has 2 fully saturated rings. The molecule has 0 heterocycles. The standard InChI is InChI=1S/C13H23NO2/c1-9(10-4-2-5-10)14-12-7-3-6-11(8-12)13(15)16/h9-12,14H,2-8H2,1H3,(H,15,16). The Morgan fingerprint density at radius 2 is 1.94 bits per heavy atom. The van der Waals surface area contributed by atoms with Crippen molar-refractivity contribution in [1.29, 1.82) is 0 Å². The fourth-order valence-corrected chi connectivity index (χ4v) is 3.01. The first-order valence-corrected chi connectivity index (χ1v) is 6.65. The molecule has 3 atom stereocenters. The van der Waals surface area contributed by atoms with E-state index in [2.05, 4.69) is 12.2 Å². The molecule has 2 rings (SSSR count). The highest BCUT2D eigenvalue weighted by molar-refractivity contribution is 5.70. The van der Waals surface area contributed by atoms with Gasteiger partial charge in [0.25, 0.3) is 0 Å². The summed E-state index contributed by atoms with van der Waals surface area (Å²) in [6.07, 6.45) is 7.98. The van der Waals surface area contributed by atoms with E-state index in [1.54, 1.807) is 0 Å². The minimum absolute atomic E-state index is 0.111. The van der Waals surface area contributed by atoms with Crippen LogP contribution in [0.1, 0.15) is 51.9 Å². The molecule has 2 aliphatic carbocycles. The Labute approximate surface area is 97.6 Å². The lowest BCUT2D eigenvalue weighted by molar-refractivity contribution is -0.143. The van der Waals surface area contributed by atoms with Crippen LogP contribution in [0, 0.1) is 11.8 Å². The van der Waals surface area contributed by atoms with Crippen molar-refractivity contribution in [2.24, 2.45) is 11.8 Å². The molecule has 0 spiro atoms. The van der Waals surface area contributed by atoms with Gasteiger partial charge in [-0.05, 0) is 44.9 Å². The maximum Gasteiger partial charge on any atom is 0.306 e. The Morgan fingerprint density at radius 1 is 1.25 bits per heavy atom. The van der Waals surface area contributed by atoms with E-state index in [0.29, 0.717) is 12.1 Å². The number of aliphatic carboxylic acids is 1. The molecule has 2 saturated carbocycles. The van der Waals surface area contributed by atoms with E-state index < -0.39 is 5.97 Å². The predicted octanol–water partition coefficient (Wildman–Crippen LogP) is 2.41. The fraction of sp³-hybridized carbons (Fsp3) is 0.923. The molecule has 3 heteroatoms. The number of carboxylic acid groups (broad SMARTS) is 1. The van der Waals surface area contributed by atoms with E-state index in [0.717, 1.165) is 31.6 Å². The van der Waals surface area contributed by atoms with E-state index in [9.17, 15) is 4.79 Å². The molecule has 16 heavy (non-hydrogen) atoms. The van der Waals surface area contributed by atoms with Gasteiger partial charge in [0, 0.05) is 12.1 Å². The molecule has 3 unspecified atom stereocenters. The minimum Gasteiger partial charge on any atom is -0.481 e. The Balaban J connectivity index is 1.77. The van der Waals surface area contributed by atoms with E-state index in [1.165, 1.54) is 19.3 Å². The quantitative estimate of drug-likeness (QED) is 0.772. The Kier molecular flexibility index (Phi) is 3.85. The number of carbonyl (C=O) groups is 1. The molecular weight excluding hydrogens is 202 g/mol. The highest BCUT2D eigenvalue weighted by atomic mass is 16.4. The molecule has 0 aromatic heterocycles. The van der Waals surface area contributed by atoms with Gasteiger partial charge in [-0.25, -0.2) is 0 Å². The number of hydrogen-bond acceptors (Lipinski definition) is 2. The molecule has 2 aliphatic rings. The first-order valence-electron chi connectivity index (χ1n) is 6.65. The van der Waals surface area contributed by atoms with Crippen LogP contribution in [0.15, 0.2) is 0 Å². The van der Waals surface area contributed by atoms with Crippen molar-refractivity contribution in [3.8, 4) is 0 Å². The summed E-state index contributed by atoms with van der Waals surface area (Å²) < 4.78 is 0. The Morgan fingerprint density at radius 3 is 2.50 bits per heavy atom. The van der Waals surface area contributed by atoms with Gasteiger partial charge in [-0.3, -0.25) is 4.79 Å². The van der Waals surface area contributed by atoms with E-state index in [4.69, 9.17) is 5.11 Å². The second-order valence-electron chi connectivity index (χ2n) is 5.55. The second-order valence-corrected chi connectivity index (χ2v) is 5.55. The van der Waals surface area contributed by atoms with Crippen molar-refractivity contribution in [2.45, 2.75) is 64.0 Å². The average molecular weight is 225 g/mol. The van der Waals surface area contributed by atoms with Crippen LogP contribution in [0.3, 0.4) is 0 Å². The molecule has 0 radical (unpaired) electrons. The third kappa shape index (κ3) is 2.76. The van der Waals surface area contributed by atoms with Crippen LogP contribution in [-0.2, 0) is 4.79 Å². The van der Waals surface area contributed by atoms with Crippen molar-refractivity contribution >= 4 is 5.97 Å². The largest absolute Gasteiger partial charge is 0.481 e.